The fraction of sp³-hybridized carbons (Fsp3) is 0.278. The van der Waals surface area contributed by atoms with Crippen LogP contribution in [0.4, 0.5) is 5.69 Å². The first-order valence-electron chi connectivity index (χ1n) is 14.9. The average molecular weight is 612 g/mol. The normalized spacial score (nSPS) is 12.6. The molecule has 0 saturated heterocycles. The van der Waals surface area contributed by atoms with Gasteiger partial charge in [-0.25, -0.2) is 8.42 Å². The monoisotopic (exact) mass is 611 g/mol. The van der Waals surface area contributed by atoms with Gasteiger partial charge in [0.2, 0.25) is 11.8 Å². The van der Waals surface area contributed by atoms with Gasteiger partial charge in [-0.05, 0) is 62.1 Å². The molecule has 0 unspecified atom stereocenters. The molecule has 0 aliphatic carbocycles. The molecule has 7 nitrogen and oxygen atoms in total. The van der Waals surface area contributed by atoms with E-state index < -0.39 is 28.5 Å². The van der Waals surface area contributed by atoms with Crippen molar-refractivity contribution in [3.63, 3.8) is 0 Å². The quantitative estimate of drug-likeness (QED) is 0.199. The second kappa shape index (κ2) is 14.8. The molecule has 4 aromatic carbocycles. The fourth-order valence-electron chi connectivity index (χ4n) is 4.97. The highest BCUT2D eigenvalue weighted by Gasteiger charge is 2.35. The van der Waals surface area contributed by atoms with Gasteiger partial charge in [-0.3, -0.25) is 13.9 Å². The van der Waals surface area contributed by atoms with Crippen LogP contribution < -0.4 is 9.62 Å². The van der Waals surface area contributed by atoms with E-state index in [1.807, 2.05) is 100 Å². The summed E-state index contributed by atoms with van der Waals surface area (Å²) in [5, 5.41) is 3.06. The molecule has 0 fully saturated rings. The molecular formula is C36H41N3O4S. The molecular weight excluding hydrogens is 570 g/mol. The Morgan fingerprint density at radius 1 is 0.773 bits per heavy atom. The van der Waals surface area contributed by atoms with E-state index in [9.17, 15) is 18.0 Å². The highest BCUT2D eigenvalue weighted by molar-refractivity contribution is 7.92. The summed E-state index contributed by atoms with van der Waals surface area (Å²) in [6.07, 6.45) is 1.00. The highest BCUT2D eigenvalue weighted by Crippen LogP contribution is 2.28. The van der Waals surface area contributed by atoms with E-state index in [-0.39, 0.29) is 29.8 Å². The smallest absolute Gasteiger partial charge is 0.264 e. The van der Waals surface area contributed by atoms with Crippen molar-refractivity contribution in [2.24, 2.45) is 0 Å². The Bertz CT molecular complexity index is 1640. The van der Waals surface area contributed by atoms with Gasteiger partial charge in [0.05, 0.1) is 10.6 Å². The Labute approximate surface area is 261 Å². The lowest BCUT2D eigenvalue weighted by Crippen LogP contribution is -2.54. The number of hydrogen-bond donors (Lipinski definition) is 1. The molecule has 1 N–H and O–H groups in total. The van der Waals surface area contributed by atoms with Gasteiger partial charge in [0.1, 0.15) is 12.6 Å². The van der Waals surface area contributed by atoms with E-state index in [4.69, 9.17) is 0 Å². The first-order chi connectivity index (χ1) is 21.1. The number of rotatable bonds is 13. The number of nitrogens with zero attached hydrogens (tertiary/aromatic N) is 2. The third-order valence-electron chi connectivity index (χ3n) is 7.74. The number of anilines is 1. The first kappa shape index (κ1) is 32.5. The van der Waals surface area contributed by atoms with Gasteiger partial charge >= 0.3 is 0 Å². The SMILES string of the molecule is CC[C@@H](C)NC(=O)[C@H](Cc1ccccc1)N(Cc1ccccc1)C(=O)CN(c1ccccc1C)S(=O)(=O)c1ccc(C)cc1. The maximum absolute atomic E-state index is 14.5. The van der Waals surface area contributed by atoms with E-state index in [1.54, 1.807) is 36.4 Å². The van der Waals surface area contributed by atoms with Gasteiger partial charge in [0, 0.05) is 19.0 Å². The van der Waals surface area contributed by atoms with E-state index in [0.717, 1.165) is 23.1 Å². The van der Waals surface area contributed by atoms with Crippen LogP contribution in [0.2, 0.25) is 0 Å². The Morgan fingerprint density at radius 3 is 1.93 bits per heavy atom. The van der Waals surface area contributed by atoms with Crippen LogP contribution >= 0.6 is 0 Å². The summed E-state index contributed by atoms with van der Waals surface area (Å²) in [7, 11) is -4.14. The van der Waals surface area contributed by atoms with E-state index >= 15 is 0 Å². The predicted octanol–water partition coefficient (Wildman–Crippen LogP) is 6.05. The average Bonchev–Trinajstić information content (AvgIpc) is 3.03. The number of carbonyl (C=O) groups excluding carboxylic acids is 2. The van der Waals surface area contributed by atoms with Crippen molar-refractivity contribution < 1.29 is 18.0 Å². The van der Waals surface area contributed by atoms with Gasteiger partial charge in [-0.1, -0.05) is 103 Å². The van der Waals surface area contributed by atoms with Crippen molar-refractivity contribution in [1.29, 1.82) is 0 Å². The Morgan fingerprint density at radius 2 is 1.34 bits per heavy atom. The van der Waals surface area contributed by atoms with Gasteiger partial charge in [0.25, 0.3) is 10.0 Å². The Balaban J connectivity index is 1.80. The topological polar surface area (TPSA) is 86.8 Å². The summed E-state index contributed by atoms with van der Waals surface area (Å²) >= 11 is 0. The molecule has 2 atom stereocenters. The number of benzene rings is 4. The van der Waals surface area contributed by atoms with Gasteiger partial charge in [-0.2, -0.15) is 0 Å². The second-order valence-corrected chi connectivity index (χ2v) is 13.0. The molecule has 0 bridgehead atoms. The van der Waals surface area contributed by atoms with Gasteiger partial charge in [-0.15, -0.1) is 0 Å². The van der Waals surface area contributed by atoms with Crippen LogP contribution in [0.15, 0.2) is 114 Å². The van der Waals surface area contributed by atoms with Gasteiger partial charge in [0.15, 0.2) is 0 Å². The summed E-state index contributed by atoms with van der Waals surface area (Å²) in [5.41, 5.74) is 3.77. The minimum absolute atomic E-state index is 0.0871. The molecule has 2 amide bonds. The zero-order chi connectivity index (χ0) is 31.7. The van der Waals surface area contributed by atoms with Crippen LogP contribution in [-0.2, 0) is 32.6 Å². The largest absolute Gasteiger partial charge is 0.352 e. The molecule has 0 saturated carbocycles. The van der Waals surface area contributed by atoms with Crippen LogP contribution in [0, 0.1) is 13.8 Å². The number of hydrogen-bond acceptors (Lipinski definition) is 4. The van der Waals surface area contributed by atoms with E-state index in [1.165, 1.54) is 9.21 Å². The van der Waals surface area contributed by atoms with Crippen LogP contribution in [0.25, 0.3) is 0 Å². The lowest BCUT2D eigenvalue weighted by molar-refractivity contribution is -0.140. The van der Waals surface area contributed by atoms with Crippen LogP contribution in [0.5, 0.6) is 0 Å². The van der Waals surface area contributed by atoms with Crippen LogP contribution in [-0.4, -0.2) is 43.8 Å². The molecule has 0 aliphatic rings. The molecule has 0 heterocycles. The number of aryl methyl sites for hydroxylation is 2. The lowest BCUT2D eigenvalue weighted by atomic mass is 10.0. The number of para-hydroxylation sites is 1. The van der Waals surface area contributed by atoms with E-state index in [0.29, 0.717) is 11.3 Å². The number of sulfonamides is 1. The molecule has 4 rings (SSSR count). The summed E-state index contributed by atoms with van der Waals surface area (Å²) in [4.78, 5) is 30.0. The predicted molar refractivity (Wildman–Crippen MR) is 176 cm³/mol. The Kier molecular flexibility index (Phi) is 11.0. The van der Waals surface area contributed by atoms with Crippen molar-refractivity contribution >= 4 is 27.5 Å². The number of amides is 2. The van der Waals surface area contributed by atoms with Crippen molar-refractivity contribution in [2.45, 2.75) is 64.1 Å². The molecule has 0 aromatic heterocycles. The molecule has 44 heavy (non-hydrogen) atoms. The minimum Gasteiger partial charge on any atom is -0.352 e. The number of carbonyl (C=O) groups is 2. The summed E-state index contributed by atoms with van der Waals surface area (Å²) in [6.45, 7) is 7.27. The van der Waals surface area contributed by atoms with Crippen molar-refractivity contribution in [2.75, 3.05) is 10.8 Å². The summed E-state index contributed by atoms with van der Waals surface area (Å²) < 4.78 is 29.5. The van der Waals surface area contributed by atoms with E-state index in [2.05, 4.69) is 5.32 Å². The van der Waals surface area contributed by atoms with Crippen molar-refractivity contribution in [3.05, 3.63) is 131 Å². The minimum atomic E-state index is -4.14. The summed E-state index contributed by atoms with van der Waals surface area (Å²) in [5.74, 6) is -0.760. The first-order valence-corrected chi connectivity index (χ1v) is 16.4. The standard InChI is InChI=1S/C36H41N3O4S/c1-5-29(4)37-36(41)34(24-30-15-8-6-9-16-30)38(25-31-17-10-7-11-18-31)35(40)26-39(33-19-13-12-14-28(33)3)44(42,43)32-22-20-27(2)21-23-32/h6-23,29,34H,5,24-26H2,1-4H3,(H,37,41)/t29-,34+/m1/s1. The molecule has 8 heteroatoms. The second-order valence-electron chi connectivity index (χ2n) is 11.1. The molecule has 0 spiro atoms. The maximum atomic E-state index is 14.5. The van der Waals surface area contributed by atoms with Crippen molar-refractivity contribution in [1.82, 2.24) is 10.2 Å². The lowest BCUT2D eigenvalue weighted by Gasteiger charge is -2.34. The van der Waals surface area contributed by atoms with Crippen LogP contribution in [0.3, 0.4) is 0 Å². The fourth-order valence-corrected chi connectivity index (χ4v) is 6.45. The molecule has 0 radical (unpaired) electrons. The molecule has 230 valence electrons. The van der Waals surface area contributed by atoms with Crippen molar-refractivity contribution in [3.8, 4) is 0 Å². The Hall–Kier alpha value is -4.43. The van der Waals surface area contributed by atoms with Gasteiger partial charge < -0.3 is 10.2 Å². The molecule has 4 aromatic rings. The highest BCUT2D eigenvalue weighted by atomic mass is 32.2. The number of nitrogens with one attached hydrogen (secondary N) is 1. The third-order valence-corrected chi connectivity index (χ3v) is 9.51. The third kappa shape index (κ3) is 8.14. The summed E-state index contributed by atoms with van der Waals surface area (Å²) in [6, 6.07) is 31.7. The maximum Gasteiger partial charge on any atom is 0.264 e. The zero-order valence-electron chi connectivity index (χ0n) is 25.8. The van der Waals surface area contributed by atoms with Crippen LogP contribution in [0.1, 0.15) is 42.5 Å². The zero-order valence-corrected chi connectivity index (χ0v) is 26.6. The molecule has 0 aliphatic heterocycles.